The molecule has 1 aromatic rings. The van der Waals surface area contributed by atoms with Crippen LogP contribution >= 0.6 is 0 Å². The van der Waals surface area contributed by atoms with Crippen LogP contribution in [0.5, 0.6) is 0 Å². The van der Waals surface area contributed by atoms with Gasteiger partial charge in [-0.05, 0) is 32.3 Å². The third kappa shape index (κ3) is 3.70. The SMILES string of the molecule is CCNc1cnccc1C(=O)N(C)CC1CCCCO1. The smallest absolute Gasteiger partial charge is 0.255 e. The van der Waals surface area contributed by atoms with E-state index in [4.69, 9.17) is 4.74 Å². The van der Waals surface area contributed by atoms with Crippen LogP contribution < -0.4 is 5.32 Å². The first-order chi connectivity index (χ1) is 9.72. The lowest BCUT2D eigenvalue weighted by atomic mass is 10.1. The van der Waals surface area contributed by atoms with Gasteiger partial charge in [0.05, 0.1) is 23.6 Å². The minimum absolute atomic E-state index is 0.0116. The quantitative estimate of drug-likeness (QED) is 0.896. The molecule has 1 amide bonds. The number of aromatic nitrogens is 1. The number of amides is 1. The molecule has 1 aliphatic heterocycles. The molecule has 20 heavy (non-hydrogen) atoms. The molecular weight excluding hydrogens is 254 g/mol. The van der Waals surface area contributed by atoms with Gasteiger partial charge in [0, 0.05) is 32.9 Å². The summed E-state index contributed by atoms with van der Waals surface area (Å²) in [5.74, 6) is 0.0116. The van der Waals surface area contributed by atoms with Crippen molar-refractivity contribution in [1.29, 1.82) is 0 Å². The van der Waals surface area contributed by atoms with Gasteiger partial charge in [0.25, 0.3) is 5.91 Å². The molecule has 0 aliphatic carbocycles. The number of ether oxygens (including phenoxy) is 1. The van der Waals surface area contributed by atoms with Gasteiger partial charge in [-0.3, -0.25) is 9.78 Å². The first-order valence-electron chi connectivity index (χ1n) is 7.27. The van der Waals surface area contributed by atoms with E-state index >= 15 is 0 Å². The number of anilines is 1. The van der Waals surface area contributed by atoms with Crippen LogP contribution in [-0.2, 0) is 4.74 Å². The second-order valence-corrected chi connectivity index (χ2v) is 5.13. The molecule has 5 nitrogen and oxygen atoms in total. The van der Waals surface area contributed by atoms with Crippen molar-refractivity contribution in [2.75, 3.05) is 32.1 Å². The van der Waals surface area contributed by atoms with Gasteiger partial charge in [0.1, 0.15) is 0 Å². The Morgan fingerprint density at radius 3 is 3.10 bits per heavy atom. The number of nitrogens with zero attached hydrogens (tertiary/aromatic N) is 2. The average Bonchev–Trinajstić information content (AvgIpc) is 2.48. The van der Waals surface area contributed by atoms with Gasteiger partial charge >= 0.3 is 0 Å². The summed E-state index contributed by atoms with van der Waals surface area (Å²) in [6, 6.07) is 1.76. The zero-order valence-corrected chi connectivity index (χ0v) is 12.3. The number of carbonyl (C=O) groups excluding carboxylic acids is 1. The van der Waals surface area contributed by atoms with Gasteiger partial charge in [0.15, 0.2) is 0 Å². The van der Waals surface area contributed by atoms with E-state index in [0.717, 1.165) is 31.7 Å². The summed E-state index contributed by atoms with van der Waals surface area (Å²) in [4.78, 5) is 18.3. The number of hydrogen-bond acceptors (Lipinski definition) is 4. The molecule has 1 N–H and O–H groups in total. The van der Waals surface area contributed by atoms with Crippen molar-refractivity contribution in [3.63, 3.8) is 0 Å². The number of pyridine rings is 1. The Hall–Kier alpha value is -1.62. The largest absolute Gasteiger partial charge is 0.383 e. The molecule has 110 valence electrons. The molecule has 0 spiro atoms. The fraction of sp³-hybridized carbons (Fsp3) is 0.600. The Bertz CT molecular complexity index is 444. The lowest BCUT2D eigenvalue weighted by molar-refractivity contribution is -0.000173. The lowest BCUT2D eigenvalue weighted by Crippen LogP contribution is -2.37. The highest BCUT2D eigenvalue weighted by Crippen LogP contribution is 2.18. The summed E-state index contributed by atoms with van der Waals surface area (Å²) < 4.78 is 5.69. The van der Waals surface area contributed by atoms with Crippen molar-refractivity contribution in [2.45, 2.75) is 32.3 Å². The predicted octanol–water partition coefficient (Wildman–Crippen LogP) is 2.15. The van der Waals surface area contributed by atoms with E-state index in [-0.39, 0.29) is 12.0 Å². The normalized spacial score (nSPS) is 18.6. The van der Waals surface area contributed by atoms with Crippen LogP contribution in [-0.4, -0.2) is 48.6 Å². The molecule has 0 bridgehead atoms. The Kier molecular flexibility index (Phi) is 5.35. The molecule has 0 saturated carbocycles. The molecular formula is C15H23N3O2. The fourth-order valence-corrected chi connectivity index (χ4v) is 2.46. The van der Waals surface area contributed by atoms with Gasteiger partial charge in [-0.2, -0.15) is 0 Å². The summed E-state index contributed by atoms with van der Waals surface area (Å²) >= 11 is 0. The molecule has 1 aliphatic rings. The number of hydrogen-bond donors (Lipinski definition) is 1. The van der Waals surface area contributed by atoms with Crippen LogP contribution in [0.3, 0.4) is 0 Å². The number of rotatable bonds is 5. The van der Waals surface area contributed by atoms with Crippen molar-refractivity contribution in [1.82, 2.24) is 9.88 Å². The summed E-state index contributed by atoms with van der Waals surface area (Å²) in [6.45, 7) is 4.22. The summed E-state index contributed by atoms with van der Waals surface area (Å²) in [6.07, 6.45) is 6.87. The zero-order valence-electron chi connectivity index (χ0n) is 12.3. The highest BCUT2D eigenvalue weighted by Gasteiger charge is 2.21. The third-order valence-electron chi connectivity index (χ3n) is 3.52. The molecule has 2 heterocycles. The monoisotopic (exact) mass is 277 g/mol. The Morgan fingerprint density at radius 1 is 1.55 bits per heavy atom. The van der Waals surface area contributed by atoms with Crippen molar-refractivity contribution in [3.05, 3.63) is 24.0 Å². The van der Waals surface area contributed by atoms with E-state index in [0.29, 0.717) is 12.1 Å². The molecule has 1 atom stereocenters. The fourth-order valence-electron chi connectivity index (χ4n) is 2.46. The van der Waals surface area contributed by atoms with Crippen LogP contribution in [0.15, 0.2) is 18.5 Å². The van der Waals surface area contributed by atoms with E-state index in [9.17, 15) is 4.79 Å². The molecule has 5 heteroatoms. The second-order valence-electron chi connectivity index (χ2n) is 5.13. The van der Waals surface area contributed by atoms with Gasteiger partial charge in [-0.15, -0.1) is 0 Å². The summed E-state index contributed by atoms with van der Waals surface area (Å²) in [7, 11) is 1.83. The minimum atomic E-state index is 0.0116. The van der Waals surface area contributed by atoms with Crippen LogP contribution in [0, 0.1) is 0 Å². The molecule has 0 radical (unpaired) electrons. The Labute approximate surface area is 120 Å². The Balaban J connectivity index is 2.02. The van der Waals surface area contributed by atoms with Crippen LogP contribution in [0.1, 0.15) is 36.5 Å². The lowest BCUT2D eigenvalue weighted by Gasteiger charge is -2.27. The predicted molar refractivity (Wildman–Crippen MR) is 79.0 cm³/mol. The standard InChI is InChI=1S/C15H23N3O2/c1-3-17-14-10-16-8-7-13(14)15(19)18(2)11-12-6-4-5-9-20-12/h7-8,10,12,17H,3-6,9,11H2,1-2H3. The summed E-state index contributed by atoms with van der Waals surface area (Å²) in [5.41, 5.74) is 1.46. The van der Waals surface area contributed by atoms with E-state index < -0.39 is 0 Å². The van der Waals surface area contributed by atoms with E-state index in [1.54, 1.807) is 23.4 Å². The third-order valence-corrected chi connectivity index (χ3v) is 3.52. The zero-order chi connectivity index (χ0) is 14.4. The van der Waals surface area contributed by atoms with E-state index in [2.05, 4.69) is 10.3 Å². The second kappa shape index (κ2) is 7.24. The molecule has 1 saturated heterocycles. The van der Waals surface area contributed by atoms with E-state index in [1.165, 1.54) is 6.42 Å². The van der Waals surface area contributed by atoms with Gasteiger partial charge in [-0.25, -0.2) is 0 Å². The topological polar surface area (TPSA) is 54.5 Å². The molecule has 1 aromatic heterocycles. The van der Waals surface area contributed by atoms with Gasteiger partial charge < -0.3 is 15.0 Å². The minimum Gasteiger partial charge on any atom is -0.383 e. The van der Waals surface area contributed by atoms with Crippen molar-refractivity contribution < 1.29 is 9.53 Å². The maximum atomic E-state index is 12.5. The molecule has 0 aromatic carbocycles. The van der Waals surface area contributed by atoms with Crippen LogP contribution in [0.2, 0.25) is 0 Å². The highest BCUT2D eigenvalue weighted by atomic mass is 16.5. The van der Waals surface area contributed by atoms with Gasteiger partial charge in [0.2, 0.25) is 0 Å². The summed E-state index contributed by atoms with van der Waals surface area (Å²) in [5, 5.41) is 3.17. The highest BCUT2D eigenvalue weighted by molar-refractivity contribution is 5.99. The average molecular weight is 277 g/mol. The number of likely N-dealkylation sites (N-methyl/N-ethyl adjacent to an activating group) is 1. The molecule has 2 rings (SSSR count). The van der Waals surface area contributed by atoms with Crippen molar-refractivity contribution in [3.8, 4) is 0 Å². The number of carbonyl (C=O) groups is 1. The van der Waals surface area contributed by atoms with Crippen LogP contribution in [0.25, 0.3) is 0 Å². The maximum Gasteiger partial charge on any atom is 0.255 e. The number of nitrogens with one attached hydrogen (secondary N) is 1. The van der Waals surface area contributed by atoms with Crippen molar-refractivity contribution >= 4 is 11.6 Å². The first kappa shape index (κ1) is 14.8. The Morgan fingerprint density at radius 2 is 2.40 bits per heavy atom. The molecule has 1 unspecified atom stereocenters. The van der Waals surface area contributed by atoms with Crippen molar-refractivity contribution in [2.24, 2.45) is 0 Å². The van der Waals surface area contributed by atoms with E-state index in [1.807, 2.05) is 14.0 Å². The first-order valence-corrected chi connectivity index (χ1v) is 7.27. The maximum absolute atomic E-state index is 12.5. The van der Waals surface area contributed by atoms with Crippen LogP contribution in [0.4, 0.5) is 5.69 Å². The molecule has 1 fully saturated rings. The van der Waals surface area contributed by atoms with Gasteiger partial charge in [-0.1, -0.05) is 0 Å².